The Balaban J connectivity index is 2.21. The second-order valence-corrected chi connectivity index (χ2v) is 7.15. The van der Waals surface area contributed by atoms with Gasteiger partial charge in [0.2, 0.25) is 5.91 Å². The fraction of sp³-hybridized carbons (Fsp3) is 0.500. The van der Waals surface area contributed by atoms with Gasteiger partial charge in [0.25, 0.3) is 5.69 Å². The van der Waals surface area contributed by atoms with Crippen LogP contribution >= 0.6 is 0 Å². The van der Waals surface area contributed by atoms with E-state index in [9.17, 15) is 32.9 Å². The number of carbonyl (C=O) groups excluding carboxylic acids is 2. The van der Waals surface area contributed by atoms with Crippen molar-refractivity contribution in [1.29, 1.82) is 0 Å². The van der Waals surface area contributed by atoms with Crippen molar-refractivity contribution in [3.05, 3.63) is 28.3 Å². The van der Waals surface area contributed by atoms with E-state index in [1.54, 1.807) is 20.8 Å². The Morgan fingerprint density at radius 1 is 1.21 bits per heavy atom. The van der Waals surface area contributed by atoms with Gasteiger partial charge in [0, 0.05) is 12.1 Å². The highest BCUT2D eigenvalue weighted by Crippen LogP contribution is 2.39. The smallest absolute Gasteiger partial charge is 0.444 e. The van der Waals surface area contributed by atoms with Crippen molar-refractivity contribution in [1.82, 2.24) is 5.32 Å². The summed E-state index contributed by atoms with van der Waals surface area (Å²) in [6, 6.07) is 2.27. The van der Waals surface area contributed by atoms with Crippen LogP contribution in [0.2, 0.25) is 0 Å². The number of hydrogen-bond donors (Lipinski definition) is 2. The van der Waals surface area contributed by atoms with Crippen LogP contribution in [0.15, 0.2) is 18.2 Å². The van der Waals surface area contributed by atoms with Crippen molar-refractivity contribution in [2.24, 2.45) is 0 Å². The number of non-ortho nitro benzene ring substituents is 1. The zero-order valence-corrected chi connectivity index (χ0v) is 15.2. The van der Waals surface area contributed by atoms with Gasteiger partial charge in [0.05, 0.1) is 10.6 Å². The third-order valence-corrected chi connectivity index (χ3v) is 3.57. The summed E-state index contributed by atoms with van der Waals surface area (Å²) in [5.74, 6) is -1.66. The molecule has 2 N–H and O–H groups in total. The minimum absolute atomic E-state index is 0.225. The van der Waals surface area contributed by atoms with Crippen molar-refractivity contribution >= 4 is 23.4 Å². The Kier molecular flexibility index (Phi) is 5.44. The molecule has 2 amide bonds. The molecular weight excluding hydrogens is 387 g/mol. The summed E-state index contributed by atoms with van der Waals surface area (Å²) in [6.45, 7) is 4.86. The summed E-state index contributed by atoms with van der Waals surface area (Å²) in [5, 5.41) is 15.4. The molecule has 0 radical (unpaired) electrons. The van der Waals surface area contributed by atoms with Crippen LogP contribution in [0.5, 0.6) is 5.75 Å². The van der Waals surface area contributed by atoms with Crippen LogP contribution in [0.25, 0.3) is 0 Å². The first-order chi connectivity index (χ1) is 12.7. The molecule has 2 rings (SSSR count). The molecule has 1 aliphatic carbocycles. The van der Waals surface area contributed by atoms with Crippen LogP contribution in [0.3, 0.4) is 0 Å². The van der Waals surface area contributed by atoms with Gasteiger partial charge in [-0.2, -0.15) is 0 Å². The highest BCUT2D eigenvalue weighted by Gasteiger charge is 2.52. The Hall–Kier alpha value is -3.05. The fourth-order valence-corrected chi connectivity index (χ4v) is 2.22. The molecule has 0 unspecified atom stereocenters. The first-order valence-electron chi connectivity index (χ1n) is 8.08. The number of anilines is 1. The number of nitro groups is 1. The molecule has 1 aromatic carbocycles. The van der Waals surface area contributed by atoms with E-state index in [0.717, 1.165) is 18.2 Å². The van der Waals surface area contributed by atoms with Gasteiger partial charge in [-0.05, 0) is 39.7 Å². The van der Waals surface area contributed by atoms with Crippen LogP contribution in [0.1, 0.15) is 33.6 Å². The number of hydrogen-bond acceptors (Lipinski definition) is 6. The molecule has 0 aromatic heterocycles. The fourth-order valence-electron chi connectivity index (χ4n) is 2.22. The van der Waals surface area contributed by atoms with Crippen LogP contribution < -0.4 is 15.4 Å². The van der Waals surface area contributed by atoms with Gasteiger partial charge >= 0.3 is 12.5 Å². The molecule has 28 heavy (non-hydrogen) atoms. The topological polar surface area (TPSA) is 120 Å². The summed E-state index contributed by atoms with van der Waals surface area (Å²) in [6.07, 6.45) is -5.49. The number of nitrogens with zero attached hydrogens (tertiary/aromatic N) is 1. The lowest BCUT2D eigenvalue weighted by Crippen LogP contribution is -2.47. The predicted molar refractivity (Wildman–Crippen MR) is 89.7 cm³/mol. The number of carbonyl (C=O) groups is 2. The molecule has 9 nitrogen and oxygen atoms in total. The predicted octanol–water partition coefficient (Wildman–Crippen LogP) is 3.49. The minimum atomic E-state index is -5.07. The Morgan fingerprint density at radius 3 is 2.29 bits per heavy atom. The molecule has 1 fully saturated rings. The van der Waals surface area contributed by atoms with Crippen LogP contribution in [-0.4, -0.2) is 34.4 Å². The first-order valence-corrected chi connectivity index (χ1v) is 8.08. The highest BCUT2D eigenvalue weighted by atomic mass is 19.4. The average Bonchev–Trinajstić information content (AvgIpc) is 3.26. The second-order valence-electron chi connectivity index (χ2n) is 7.15. The van der Waals surface area contributed by atoms with E-state index in [0.29, 0.717) is 0 Å². The van der Waals surface area contributed by atoms with E-state index < -0.39 is 51.6 Å². The van der Waals surface area contributed by atoms with Gasteiger partial charge in [0.1, 0.15) is 11.1 Å². The number of amides is 2. The van der Waals surface area contributed by atoms with Crippen molar-refractivity contribution in [3.63, 3.8) is 0 Å². The third-order valence-electron chi connectivity index (χ3n) is 3.57. The maximum absolute atomic E-state index is 12.6. The number of alkyl halides is 3. The molecule has 12 heteroatoms. The Morgan fingerprint density at radius 2 is 1.82 bits per heavy atom. The largest absolute Gasteiger partial charge is 0.573 e. The SMILES string of the molecule is CC(C)(C)OC(=O)NC1(C(=O)Nc2cc([N+](=O)[O-])ccc2OC(F)(F)F)CC1. The van der Waals surface area contributed by atoms with Gasteiger partial charge in [-0.25, -0.2) is 4.79 Å². The molecule has 154 valence electrons. The van der Waals surface area contributed by atoms with Crippen molar-refractivity contribution in [2.45, 2.75) is 51.1 Å². The number of nitro benzene ring substituents is 1. The van der Waals surface area contributed by atoms with Crippen molar-refractivity contribution in [3.8, 4) is 5.75 Å². The summed E-state index contributed by atoms with van der Waals surface area (Å²) in [7, 11) is 0. The summed E-state index contributed by atoms with van der Waals surface area (Å²) in [5.41, 5.74) is -3.28. The summed E-state index contributed by atoms with van der Waals surface area (Å²) >= 11 is 0. The van der Waals surface area contributed by atoms with Gasteiger partial charge in [0.15, 0.2) is 5.75 Å². The van der Waals surface area contributed by atoms with Crippen LogP contribution in [-0.2, 0) is 9.53 Å². The van der Waals surface area contributed by atoms with Crippen LogP contribution in [0, 0.1) is 10.1 Å². The van der Waals surface area contributed by atoms with Crippen LogP contribution in [0.4, 0.5) is 29.3 Å². The molecular formula is C16H18F3N3O6. The number of benzene rings is 1. The van der Waals surface area contributed by atoms with Crippen molar-refractivity contribution < 1.29 is 37.2 Å². The molecule has 1 aromatic rings. The standard InChI is InChI=1S/C16H18F3N3O6/c1-14(2,3)28-13(24)21-15(6-7-15)12(23)20-10-8-9(22(25)26)4-5-11(10)27-16(17,18)19/h4-5,8H,6-7H2,1-3H3,(H,20,23)(H,21,24). The molecule has 0 saturated heterocycles. The second kappa shape index (κ2) is 7.17. The molecule has 1 saturated carbocycles. The lowest BCUT2D eigenvalue weighted by molar-refractivity contribution is -0.384. The van der Waals surface area contributed by atoms with Gasteiger partial charge in [-0.3, -0.25) is 14.9 Å². The normalized spacial score (nSPS) is 15.4. The van der Waals surface area contributed by atoms with Crippen molar-refractivity contribution in [2.75, 3.05) is 5.32 Å². The highest BCUT2D eigenvalue weighted by molar-refractivity contribution is 6.03. The van der Waals surface area contributed by atoms with E-state index in [-0.39, 0.29) is 12.8 Å². The quantitative estimate of drug-likeness (QED) is 0.572. The van der Waals surface area contributed by atoms with Gasteiger partial charge < -0.3 is 20.1 Å². The molecule has 0 spiro atoms. The maximum Gasteiger partial charge on any atom is 0.573 e. The van der Waals surface area contributed by atoms with E-state index in [1.165, 1.54) is 0 Å². The number of ether oxygens (including phenoxy) is 2. The summed E-state index contributed by atoms with van der Waals surface area (Å²) < 4.78 is 46.5. The first kappa shape index (κ1) is 21.3. The maximum atomic E-state index is 12.6. The molecule has 0 bridgehead atoms. The monoisotopic (exact) mass is 405 g/mol. The van der Waals surface area contributed by atoms with Gasteiger partial charge in [-0.1, -0.05) is 0 Å². The van der Waals surface area contributed by atoms with E-state index in [1.807, 2.05) is 0 Å². The third kappa shape index (κ3) is 5.72. The average molecular weight is 405 g/mol. The lowest BCUT2D eigenvalue weighted by atomic mass is 10.2. The Labute approximate surface area is 157 Å². The van der Waals surface area contributed by atoms with E-state index in [2.05, 4.69) is 15.4 Å². The Bertz CT molecular complexity index is 800. The number of rotatable bonds is 5. The molecule has 1 aliphatic rings. The molecule has 0 atom stereocenters. The lowest BCUT2D eigenvalue weighted by Gasteiger charge is -2.23. The van der Waals surface area contributed by atoms with E-state index in [4.69, 9.17) is 4.74 Å². The number of alkyl carbamates (subject to hydrolysis) is 1. The minimum Gasteiger partial charge on any atom is -0.444 e. The molecule has 0 heterocycles. The molecule has 0 aliphatic heterocycles. The number of halogens is 3. The zero-order chi connectivity index (χ0) is 21.3. The van der Waals surface area contributed by atoms with E-state index >= 15 is 0 Å². The zero-order valence-electron chi connectivity index (χ0n) is 15.2. The summed E-state index contributed by atoms with van der Waals surface area (Å²) in [4.78, 5) is 34.4. The number of nitrogens with one attached hydrogen (secondary N) is 2. The van der Waals surface area contributed by atoms with Gasteiger partial charge in [-0.15, -0.1) is 13.2 Å².